The van der Waals surface area contributed by atoms with Crippen molar-refractivity contribution in [2.75, 3.05) is 24.2 Å². The van der Waals surface area contributed by atoms with E-state index in [-0.39, 0.29) is 12.5 Å². The van der Waals surface area contributed by atoms with Crippen molar-refractivity contribution in [3.8, 4) is 5.75 Å². The van der Waals surface area contributed by atoms with Crippen molar-refractivity contribution in [1.29, 1.82) is 0 Å². The molecule has 3 heterocycles. The number of hydrogen-bond acceptors (Lipinski definition) is 7. The Morgan fingerprint density at radius 2 is 2.19 bits per heavy atom. The molecular weight excluding hydrogens is 352 g/mol. The molecule has 0 aliphatic carbocycles. The van der Waals surface area contributed by atoms with Gasteiger partial charge in [-0.1, -0.05) is 18.2 Å². The Hall–Kier alpha value is -2.39. The summed E-state index contributed by atoms with van der Waals surface area (Å²) in [6.45, 7) is 0.773. The first kappa shape index (κ1) is 17.0. The third kappa shape index (κ3) is 3.45. The second-order valence-corrected chi connectivity index (χ2v) is 7.14. The van der Waals surface area contributed by atoms with Crippen molar-refractivity contribution < 1.29 is 9.53 Å². The number of carbonyl (C=O) groups is 1. The SMILES string of the molecule is NCCCCCc1nnc2n1N=C(c1ccc3c(c1)NC(=O)CO3)CS2. The summed E-state index contributed by atoms with van der Waals surface area (Å²) in [5.74, 6) is 2.12. The van der Waals surface area contributed by atoms with E-state index in [1.54, 1.807) is 11.8 Å². The lowest BCUT2D eigenvalue weighted by atomic mass is 10.1. The fraction of sp³-hybridized carbons (Fsp3) is 0.412. The van der Waals surface area contributed by atoms with Crippen LogP contribution in [0.25, 0.3) is 0 Å². The number of hydrogen-bond donors (Lipinski definition) is 2. The second-order valence-electron chi connectivity index (χ2n) is 6.19. The van der Waals surface area contributed by atoms with Gasteiger partial charge in [-0.05, 0) is 37.6 Å². The highest BCUT2D eigenvalue weighted by Gasteiger charge is 2.22. The van der Waals surface area contributed by atoms with E-state index in [1.165, 1.54) is 0 Å². The number of aryl methyl sites for hydroxylation is 1. The van der Waals surface area contributed by atoms with Gasteiger partial charge in [-0.3, -0.25) is 4.79 Å². The van der Waals surface area contributed by atoms with E-state index in [2.05, 4.69) is 15.5 Å². The summed E-state index contributed by atoms with van der Waals surface area (Å²) >= 11 is 1.61. The van der Waals surface area contributed by atoms with Gasteiger partial charge in [-0.2, -0.15) is 9.78 Å². The first-order chi connectivity index (χ1) is 12.7. The maximum atomic E-state index is 11.5. The van der Waals surface area contributed by atoms with Crippen LogP contribution in [0, 0.1) is 0 Å². The molecule has 2 aromatic rings. The lowest BCUT2D eigenvalue weighted by molar-refractivity contribution is -0.118. The normalized spacial score (nSPS) is 15.6. The largest absolute Gasteiger partial charge is 0.482 e. The van der Waals surface area contributed by atoms with Crippen LogP contribution in [0.3, 0.4) is 0 Å². The lowest BCUT2D eigenvalue weighted by Crippen LogP contribution is -2.25. The number of nitrogens with one attached hydrogen (secondary N) is 1. The Labute approximate surface area is 155 Å². The molecule has 1 aromatic heterocycles. The van der Waals surface area contributed by atoms with Gasteiger partial charge in [0, 0.05) is 17.7 Å². The van der Waals surface area contributed by atoms with Crippen molar-refractivity contribution in [3.63, 3.8) is 0 Å². The van der Waals surface area contributed by atoms with Gasteiger partial charge in [0.05, 0.1) is 11.4 Å². The van der Waals surface area contributed by atoms with Crippen LogP contribution in [0.5, 0.6) is 5.75 Å². The van der Waals surface area contributed by atoms with Crippen molar-refractivity contribution >= 4 is 29.1 Å². The molecule has 0 radical (unpaired) electrons. The fourth-order valence-electron chi connectivity index (χ4n) is 2.93. The Bertz CT molecular complexity index is 863. The van der Waals surface area contributed by atoms with Crippen LogP contribution in [0.15, 0.2) is 28.5 Å². The zero-order valence-electron chi connectivity index (χ0n) is 14.3. The van der Waals surface area contributed by atoms with Crippen LogP contribution in [-0.2, 0) is 11.2 Å². The number of carbonyl (C=O) groups excluding carboxylic acids is 1. The maximum Gasteiger partial charge on any atom is 0.262 e. The zero-order chi connectivity index (χ0) is 17.9. The van der Waals surface area contributed by atoms with Gasteiger partial charge in [0.15, 0.2) is 12.4 Å². The lowest BCUT2D eigenvalue weighted by Gasteiger charge is -2.19. The minimum Gasteiger partial charge on any atom is -0.482 e. The summed E-state index contributed by atoms with van der Waals surface area (Å²) in [5, 5.41) is 16.9. The molecule has 0 saturated heterocycles. The number of amides is 1. The quantitative estimate of drug-likeness (QED) is 0.747. The van der Waals surface area contributed by atoms with Crippen molar-refractivity contribution in [2.45, 2.75) is 30.8 Å². The fourth-order valence-corrected chi connectivity index (χ4v) is 3.79. The Morgan fingerprint density at radius 1 is 1.27 bits per heavy atom. The minimum absolute atomic E-state index is 0.0563. The van der Waals surface area contributed by atoms with Gasteiger partial charge < -0.3 is 15.8 Å². The van der Waals surface area contributed by atoms with E-state index in [0.717, 1.165) is 47.9 Å². The first-order valence-corrected chi connectivity index (χ1v) is 9.65. The highest BCUT2D eigenvalue weighted by atomic mass is 32.2. The first-order valence-electron chi connectivity index (χ1n) is 8.66. The second kappa shape index (κ2) is 7.46. The average Bonchev–Trinajstić information content (AvgIpc) is 3.07. The summed E-state index contributed by atoms with van der Waals surface area (Å²) < 4.78 is 7.25. The van der Waals surface area contributed by atoms with E-state index >= 15 is 0 Å². The summed E-state index contributed by atoms with van der Waals surface area (Å²) in [4.78, 5) is 11.5. The number of nitrogens with zero attached hydrogens (tertiary/aromatic N) is 4. The topological polar surface area (TPSA) is 107 Å². The molecule has 2 aliphatic heterocycles. The molecule has 8 nitrogen and oxygen atoms in total. The molecule has 0 spiro atoms. The van der Waals surface area contributed by atoms with Gasteiger partial charge in [-0.15, -0.1) is 10.2 Å². The summed E-state index contributed by atoms with van der Waals surface area (Å²) in [6, 6.07) is 5.74. The van der Waals surface area contributed by atoms with Crippen LogP contribution in [0.4, 0.5) is 5.69 Å². The van der Waals surface area contributed by atoms with E-state index < -0.39 is 0 Å². The van der Waals surface area contributed by atoms with Crippen LogP contribution in [-0.4, -0.2) is 45.4 Å². The van der Waals surface area contributed by atoms with E-state index in [4.69, 9.17) is 15.6 Å². The number of fused-ring (bicyclic) bond motifs is 2. The monoisotopic (exact) mass is 372 g/mol. The number of ether oxygens (including phenoxy) is 1. The molecule has 0 unspecified atom stereocenters. The van der Waals surface area contributed by atoms with E-state index in [1.807, 2.05) is 22.9 Å². The van der Waals surface area contributed by atoms with Crippen LogP contribution < -0.4 is 15.8 Å². The molecule has 1 amide bonds. The molecule has 0 atom stereocenters. The van der Waals surface area contributed by atoms with Gasteiger partial charge in [0.25, 0.3) is 5.91 Å². The molecule has 3 N–H and O–H groups in total. The minimum atomic E-state index is -0.143. The van der Waals surface area contributed by atoms with Crippen LogP contribution in [0.1, 0.15) is 30.7 Å². The molecule has 0 saturated carbocycles. The molecule has 0 bridgehead atoms. The molecule has 2 aliphatic rings. The molecule has 136 valence electrons. The predicted molar refractivity (Wildman–Crippen MR) is 99.9 cm³/mol. The van der Waals surface area contributed by atoms with Gasteiger partial charge in [0.1, 0.15) is 5.75 Å². The summed E-state index contributed by atoms with van der Waals surface area (Å²) in [5.41, 5.74) is 8.11. The van der Waals surface area contributed by atoms with Gasteiger partial charge in [0.2, 0.25) is 5.16 Å². The standard InChI is InChI=1S/C17H20N6O2S/c18-7-3-1-2-4-15-20-21-17-23(15)22-13(10-26-17)11-5-6-14-12(8-11)19-16(24)9-25-14/h5-6,8H,1-4,7,9-10,18H2,(H,19,24). The summed E-state index contributed by atoms with van der Waals surface area (Å²) in [7, 11) is 0. The molecule has 4 rings (SSSR count). The number of rotatable bonds is 6. The number of thioether (sulfide) groups is 1. The molecule has 26 heavy (non-hydrogen) atoms. The van der Waals surface area contributed by atoms with Gasteiger partial charge >= 0.3 is 0 Å². The maximum absolute atomic E-state index is 11.5. The average molecular weight is 372 g/mol. The van der Waals surface area contributed by atoms with Crippen LogP contribution >= 0.6 is 11.8 Å². The molecule has 9 heteroatoms. The van der Waals surface area contributed by atoms with Crippen LogP contribution in [0.2, 0.25) is 0 Å². The Balaban J connectivity index is 1.57. The highest BCUT2D eigenvalue weighted by molar-refractivity contribution is 7.99. The zero-order valence-corrected chi connectivity index (χ0v) is 15.1. The number of anilines is 1. The van der Waals surface area contributed by atoms with E-state index in [9.17, 15) is 4.79 Å². The number of benzene rings is 1. The van der Waals surface area contributed by atoms with Gasteiger partial charge in [-0.25, -0.2) is 0 Å². The Kier molecular flexibility index (Phi) is 4.89. The molecule has 1 aromatic carbocycles. The molecular formula is C17H20N6O2S. The third-order valence-corrected chi connectivity index (χ3v) is 5.22. The van der Waals surface area contributed by atoms with Crippen molar-refractivity contribution in [1.82, 2.24) is 14.9 Å². The number of nitrogens with two attached hydrogens (primary N) is 1. The third-order valence-electron chi connectivity index (χ3n) is 4.29. The summed E-state index contributed by atoms with van der Waals surface area (Å²) in [6.07, 6.45) is 3.95. The Morgan fingerprint density at radius 3 is 3.08 bits per heavy atom. The van der Waals surface area contributed by atoms with Crippen molar-refractivity contribution in [3.05, 3.63) is 29.6 Å². The van der Waals surface area contributed by atoms with E-state index in [0.29, 0.717) is 23.7 Å². The highest BCUT2D eigenvalue weighted by Crippen LogP contribution is 2.31. The number of unbranched alkanes of at least 4 members (excludes halogenated alkanes) is 2. The smallest absolute Gasteiger partial charge is 0.262 e. The van der Waals surface area contributed by atoms with Crippen molar-refractivity contribution in [2.24, 2.45) is 10.8 Å². The number of aromatic nitrogens is 3. The predicted octanol–water partition coefficient (Wildman–Crippen LogP) is 1.64. The molecule has 0 fully saturated rings.